The van der Waals surface area contributed by atoms with E-state index in [1.54, 1.807) is 11.3 Å². The lowest BCUT2D eigenvalue weighted by atomic mass is 9.96. The molecule has 0 spiro atoms. The van der Waals surface area contributed by atoms with E-state index in [1.807, 2.05) is 25.1 Å². The second-order valence-corrected chi connectivity index (χ2v) is 8.86. The van der Waals surface area contributed by atoms with Gasteiger partial charge in [0.05, 0.1) is 22.2 Å². The van der Waals surface area contributed by atoms with Crippen molar-refractivity contribution >= 4 is 32.6 Å². The Labute approximate surface area is 170 Å². The highest BCUT2D eigenvalue weighted by atomic mass is 32.1. The molecule has 3 aromatic rings. The predicted molar refractivity (Wildman–Crippen MR) is 117 cm³/mol. The number of aryl methyl sites for hydroxylation is 2. The second kappa shape index (κ2) is 7.92. The van der Waals surface area contributed by atoms with Crippen LogP contribution in [0.2, 0.25) is 0 Å². The van der Waals surface area contributed by atoms with Crippen molar-refractivity contribution < 1.29 is 4.79 Å². The van der Waals surface area contributed by atoms with Crippen molar-refractivity contribution in [2.45, 2.75) is 39.7 Å². The minimum atomic E-state index is 0.00903. The molecule has 1 aliphatic heterocycles. The van der Waals surface area contributed by atoms with Crippen LogP contribution in [0.25, 0.3) is 10.2 Å². The van der Waals surface area contributed by atoms with Gasteiger partial charge < -0.3 is 10.2 Å². The van der Waals surface area contributed by atoms with Crippen molar-refractivity contribution in [1.29, 1.82) is 0 Å². The fraction of sp³-hybridized carbons (Fsp3) is 0.391. The fourth-order valence-corrected chi connectivity index (χ4v) is 5.19. The van der Waals surface area contributed by atoms with Crippen LogP contribution in [0.5, 0.6) is 0 Å². The molecule has 1 saturated heterocycles. The van der Waals surface area contributed by atoms with E-state index in [2.05, 4.69) is 48.3 Å². The molecular weight excluding hydrogens is 366 g/mol. The van der Waals surface area contributed by atoms with Crippen molar-refractivity contribution in [3.63, 3.8) is 0 Å². The van der Waals surface area contributed by atoms with Crippen molar-refractivity contribution in [2.75, 3.05) is 18.0 Å². The van der Waals surface area contributed by atoms with E-state index >= 15 is 0 Å². The SMILES string of the molecule is Cc1cc(C)c2nc(N3CCCC(C(=O)NC(C)c4ccccc4)C3)sc2c1. The normalized spacial score (nSPS) is 18.2. The Bertz CT molecular complexity index is 982. The highest BCUT2D eigenvalue weighted by Gasteiger charge is 2.28. The van der Waals surface area contributed by atoms with E-state index in [1.165, 1.54) is 15.8 Å². The maximum Gasteiger partial charge on any atom is 0.225 e. The first-order chi connectivity index (χ1) is 13.5. The summed E-state index contributed by atoms with van der Waals surface area (Å²) in [5, 5.41) is 4.24. The van der Waals surface area contributed by atoms with Gasteiger partial charge in [0.15, 0.2) is 5.13 Å². The van der Waals surface area contributed by atoms with Crippen LogP contribution in [0.1, 0.15) is 42.5 Å². The van der Waals surface area contributed by atoms with E-state index in [4.69, 9.17) is 4.98 Å². The second-order valence-electron chi connectivity index (χ2n) is 7.85. The number of rotatable bonds is 4. The zero-order chi connectivity index (χ0) is 19.7. The van der Waals surface area contributed by atoms with Gasteiger partial charge in [0.2, 0.25) is 5.91 Å². The summed E-state index contributed by atoms with van der Waals surface area (Å²) in [6.45, 7) is 8.00. The molecule has 2 aromatic carbocycles. The number of hydrogen-bond acceptors (Lipinski definition) is 4. The molecule has 1 amide bonds. The maximum absolute atomic E-state index is 12.9. The molecule has 28 heavy (non-hydrogen) atoms. The average molecular weight is 394 g/mol. The summed E-state index contributed by atoms with van der Waals surface area (Å²) in [4.78, 5) is 20.1. The Morgan fingerprint density at radius 2 is 2.04 bits per heavy atom. The lowest BCUT2D eigenvalue weighted by molar-refractivity contribution is -0.125. The summed E-state index contributed by atoms with van der Waals surface area (Å²) in [7, 11) is 0. The number of thiazole rings is 1. The summed E-state index contributed by atoms with van der Waals surface area (Å²) in [6, 6.07) is 14.6. The van der Waals surface area contributed by atoms with Gasteiger partial charge in [-0.2, -0.15) is 0 Å². The molecule has 1 aliphatic rings. The van der Waals surface area contributed by atoms with Gasteiger partial charge >= 0.3 is 0 Å². The van der Waals surface area contributed by atoms with E-state index in [0.29, 0.717) is 0 Å². The average Bonchev–Trinajstić information content (AvgIpc) is 3.13. The number of hydrogen-bond donors (Lipinski definition) is 1. The van der Waals surface area contributed by atoms with E-state index in [0.717, 1.165) is 42.1 Å². The molecule has 4 rings (SSSR count). The van der Waals surface area contributed by atoms with Crippen molar-refractivity contribution in [3.05, 3.63) is 59.2 Å². The smallest absolute Gasteiger partial charge is 0.225 e. The molecule has 0 radical (unpaired) electrons. The van der Waals surface area contributed by atoms with Gasteiger partial charge in [-0.05, 0) is 56.4 Å². The molecular formula is C23H27N3OS. The first-order valence-corrected chi connectivity index (χ1v) is 10.8. The Balaban J connectivity index is 1.47. The Hall–Kier alpha value is -2.40. The molecule has 0 aliphatic carbocycles. The Morgan fingerprint density at radius 1 is 1.25 bits per heavy atom. The van der Waals surface area contributed by atoms with E-state index in [9.17, 15) is 4.79 Å². The standard InChI is InChI=1S/C23H27N3OS/c1-15-12-16(2)21-20(13-15)28-23(25-21)26-11-7-10-19(14-26)22(27)24-17(3)18-8-5-4-6-9-18/h4-6,8-9,12-13,17,19H,7,10-11,14H2,1-3H3,(H,24,27). The van der Waals surface area contributed by atoms with Gasteiger partial charge in [-0.15, -0.1) is 0 Å². The van der Waals surface area contributed by atoms with Crippen LogP contribution in [0.15, 0.2) is 42.5 Å². The summed E-state index contributed by atoms with van der Waals surface area (Å²) in [6.07, 6.45) is 1.96. The number of benzene rings is 2. The zero-order valence-corrected chi connectivity index (χ0v) is 17.6. The van der Waals surface area contributed by atoms with Crippen molar-refractivity contribution in [3.8, 4) is 0 Å². The maximum atomic E-state index is 12.9. The predicted octanol–water partition coefficient (Wildman–Crippen LogP) is 5.01. The van der Waals surface area contributed by atoms with E-state index in [-0.39, 0.29) is 17.9 Å². The molecule has 1 aromatic heterocycles. The number of carbonyl (C=O) groups excluding carboxylic acids is 1. The van der Waals surface area contributed by atoms with Crippen LogP contribution in [-0.2, 0) is 4.79 Å². The number of amides is 1. The Kier molecular flexibility index (Phi) is 5.36. The molecule has 1 N–H and O–H groups in total. The van der Waals surface area contributed by atoms with Crippen molar-refractivity contribution in [1.82, 2.24) is 10.3 Å². The van der Waals surface area contributed by atoms with E-state index < -0.39 is 0 Å². The van der Waals surface area contributed by atoms with Crippen LogP contribution < -0.4 is 10.2 Å². The van der Waals surface area contributed by atoms with Crippen LogP contribution in [0, 0.1) is 19.8 Å². The van der Waals surface area contributed by atoms with Gasteiger partial charge in [0, 0.05) is 13.1 Å². The molecule has 0 bridgehead atoms. The fourth-order valence-electron chi connectivity index (χ4n) is 4.02. The summed E-state index contributed by atoms with van der Waals surface area (Å²) >= 11 is 1.74. The molecule has 5 heteroatoms. The van der Waals surface area contributed by atoms with Gasteiger partial charge in [-0.25, -0.2) is 4.98 Å². The Morgan fingerprint density at radius 3 is 2.82 bits per heavy atom. The first-order valence-electron chi connectivity index (χ1n) is 9.99. The third-order valence-electron chi connectivity index (χ3n) is 5.54. The van der Waals surface area contributed by atoms with Crippen LogP contribution in [0.3, 0.4) is 0 Å². The number of aromatic nitrogens is 1. The molecule has 2 heterocycles. The quantitative estimate of drug-likeness (QED) is 0.678. The molecule has 0 saturated carbocycles. The van der Waals surface area contributed by atoms with Crippen molar-refractivity contribution in [2.24, 2.45) is 5.92 Å². The first kappa shape index (κ1) is 18.9. The number of fused-ring (bicyclic) bond motifs is 1. The highest BCUT2D eigenvalue weighted by Crippen LogP contribution is 2.33. The largest absolute Gasteiger partial charge is 0.349 e. The number of carbonyl (C=O) groups is 1. The third-order valence-corrected chi connectivity index (χ3v) is 6.60. The number of anilines is 1. The summed E-state index contributed by atoms with van der Waals surface area (Å²) < 4.78 is 1.23. The number of nitrogens with zero attached hydrogens (tertiary/aromatic N) is 2. The zero-order valence-electron chi connectivity index (χ0n) is 16.7. The van der Waals surface area contributed by atoms with Crippen LogP contribution in [0.4, 0.5) is 5.13 Å². The van der Waals surface area contributed by atoms with Gasteiger partial charge in [-0.1, -0.05) is 47.7 Å². The highest BCUT2D eigenvalue weighted by molar-refractivity contribution is 7.22. The number of nitrogens with one attached hydrogen (secondary N) is 1. The minimum absolute atomic E-state index is 0.00903. The minimum Gasteiger partial charge on any atom is -0.349 e. The topological polar surface area (TPSA) is 45.2 Å². The molecule has 146 valence electrons. The monoisotopic (exact) mass is 393 g/mol. The number of piperidine rings is 1. The van der Waals surface area contributed by atoms with Gasteiger partial charge in [-0.3, -0.25) is 4.79 Å². The summed E-state index contributed by atoms with van der Waals surface area (Å²) in [5.41, 5.74) is 4.72. The lowest BCUT2D eigenvalue weighted by Crippen LogP contribution is -2.43. The molecule has 1 fully saturated rings. The summed E-state index contributed by atoms with van der Waals surface area (Å²) in [5.74, 6) is 0.156. The van der Waals surface area contributed by atoms with Gasteiger partial charge in [0.1, 0.15) is 0 Å². The molecule has 2 unspecified atom stereocenters. The third kappa shape index (κ3) is 3.90. The molecule has 2 atom stereocenters. The van der Waals surface area contributed by atoms with Gasteiger partial charge in [0.25, 0.3) is 0 Å². The molecule has 4 nitrogen and oxygen atoms in total. The van der Waals surface area contributed by atoms with Crippen LogP contribution >= 0.6 is 11.3 Å². The van der Waals surface area contributed by atoms with Crippen LogP contribution in [-0.4, -0.2) is 24.0 Å². The lowest BCUT2D eigenvalue weighted by Gasteiger charge is -2.32.